The van der Waals surface area contributed by atoms with Crippen molar-refractivity contribution in [1.82, 2.24) is 0 Å². The predicted molar refractivity (Wildman–Crippen MR) is 236 cm³/mol. The molecular formula is C54H37NO. The minimum atomic E-state index is 0.868. The summed E-state index contributed by atoms with van der Waals surface area (Å²) >= 11 is 0. The molecule has 0 unspecified atom stereocenters. The zero-order valence-corrected chi connectivity index (χ0v) is 30.7. The average molecular weight is 716 g/mol. The molecule has 0 fully saturated rings. The topological polar surface area (TPSA) is 16.4 Å². The molecule has 0 aliphatic carbocycles. The van der Waals surface area contributed by atoms with E-state index in [1.54, 1.807) is 0 Å². The van der Waals surface area contributed by atoms with Crippen LogP contribution in [-0.2, 0) is 0 Å². The van der Waals surface area contributed by atoms with Crippen LogP contribution >= 0.6 is 0 Å². The molecule has 0 atom stereocenters. The van der Waals surface area contributed by atoms with E-state index in [9.17, 15) is 0 Å². The van der Waals surface area contributed by atoms with Crippen molar-refractivity contribution in [1.29, 1.82) is 0 Å². The Kier molecular flexibility index (Phi) is 8.55. The molecule has 0 aliphatic heterocycles. The van der Waals surface area contributed by atoms with Gasteiger partial charge >= 0.3 is 0 Å². The number of furan rings is 1. The molecular weight excluding hydrogens is 679 g/mol. The maximum atomic E-state index is 6.32. The summed E-state index contributed by atoms with van der Waals surface area (Å²) in [6, 6.07) is 80.0. The Balaban J connectivity index is 1.02. The average Bonchev–Trinajstić information content (AvgIpc) is 3.72. The molecule has 0 aliphatic rings. The highest BCUT2D eigenvalue weighted by molar-refractivity contribution is 5.97. The molecule has 1 heterocycles. The van der Waals surface area contributed by atoms with Crippen LogP contribution in [0, 0.1) is 0 Å². The van der Waals surface area contributed by atoms with Crippen molar-refractivity contribution in [3.8, 4) is 55.8 Å². The van der Waals surface area contributed by atoms with Gasteiger partial charge in [-0.2, -0.15) is 0 Å². The third-order valence-corrected chi connectivity index (χ3v) is 10.7. The quantitative estimate of drug-likeness (QED) is 0.156. The number of hydrogen-bond donors (Lipinski definition) is 0. The highest BCUT2D eigenvalue weighted by Gasteiger charge is 2.18. The van der Waals surface area contributed by atoms with E-state index >= 15 is 0 Å². The molecule has 10 aromatic rings. The van der Waals surface area contributed by atoms with Gasteiger partial charge in [0.2, 0.25) is 0 Å². The zero-order valence-electron chi connectivity index (χ0n) is 30.7. The van der Waals surface area contributed by atoms with Crippen molar-refractivity contribution in [3.63, 3.8) is 0 Å². The first-order chi connectivity index (χ1) is 27.8. The number of benzene rings is 9. The van der Waals surface area contributed by atoms with Crippen LogP contribution in [-0.4, -0.2) is 0 Å². The molecule has 10 rings (SSSR count). The predicted octanol–water partition coefficient (Wildman–Crippen LogP) is 15.4. The summed E-state index contributed by atoms with van der Waals surface area (Å²) in [5, 5.41) is 3.63. The molecule has 2 nitrogen and oxygen atoms in total. The lowest BCUT2D eigenvalue weighted by Crippen LogP contribution is -2.11. The maximum Gasteiger partial charge on any atom is 0.136 e. The fourth-order valence-corrected chi connectivity index (χ4v) is 7.93. The summed E-state index contributed by atoms with van der Waals surface area (Å²) in [6.07, 6.45) is 0. The van der Waals surface area contributed by atoms with Crippen LogP contribution in [0.4, 0.5) is 17.1 Å². The molecule has 1 aromatic heterocycles. The van der Waals surface area contributed by atoms with Crippen LogP contribution in [0.15, 0.2) is 229 Å². The molecule has 56 heavy (non-hydrogen) atoms. The van der Waals surface area contributed by atoms with Gasteiger partial charge in [-0.05, 0) is 92.2 Å². The number of hydrogen-bond acceptors (Lipinski definition) is 2. The summed E-state index contributed by atoms with van der Waals surface area (Å²) in [5.74, 6) is 0.868. The standard InChI is InChI=1S/C54H37NO/c1-2-13-41(14-3-1)50-20-9-10-23-52(50)55(46-35-31-43(32-36-46)49-19-7-8-21-51(49)54-37-44-16-5-11-24-53(44)56-54)45-33-29-39(30-34-45)38-25-27-42(28-26-38)48-22-12-17-40-15-4-6-18-47(40)48/h1-37H. The van der Waals surface area contributed by atoms with Gasteiger partial charge in [0.1, 0.15) is 11.3 Å². The minimum Gasteiger partial charge on any atom is -0.456 e. The molecule has 9 aromatic carbocycles. The van der Waals surface area contributed by atoms with Crippen molar-refractivity contribution in [2.45, 2.75) is 0 Å². The number of rotatable bonds is 8. The fourth-order valence-electron chi connectivity index (χ4n) is 7.93. The third kappa shape index (κ3) is 6.24. The first kappa shape index (κ1) is 33.2. The van der Waals surface area contributed by atoms with Gasteiger partial charge in [-0.15, -0.1) is 0 Å². The highest BCUT2D eigenvalue weighted by Crippen LogP contribution is 2.43. The molecule has 0 saturated heterocycles. The fraction of sp³-hybridized carbons (Fsp3) is 0. The first-order valence-electron chi connectivity index (χ1n) is 19.1. The van der Waals surface area contributed by atoms with E-state index in [-0.39, 0.29) is 0 Å². The van der Waals surface area contributed by atoms with Gasteiger partial charge in [-0.3, -0.25) is 0 Å². The molecule has 0 spiro atoms. The van der Waals surface area contributed by atoms with Crippen molar-refractivity contribution in [2.75, 3.05) is 4.90 Å². The Bertz CT molecular complexity index is 2900. The van der Waals surface area contributed by atoms with Gasteiger partial charge < -0.3 is 9.32 Å². The summed E-state index contributed by atoms with van der Waals surface area (Å²) < 4.78 is 6.32. The van der Waals surface area contributed by atoms with Crippen molar-refractivity contribution >= 4 is 38.8 Å². The Morgan fingerprint density at radius 3 is 1.52 bits per heavy atom. The number of fused-ring (bicyclic) bond motifs is 2. The normalized spacial score (nSPS) is 11.2. The maximum absolute atomic E-state index is 6.32. The largest absolute Gasteiger partial charge is 0.456 e. The van der Waals surface area contributed by atoms with E-state index in [2.05, 4.69) is 211 Å². The molecule has 264 valence electrons. The van der Waals surface area contributed by atoms with Crippen LogP contribution in [0.2, 0.25) is 0 Å². The number of para-hydroxylation sites is 2. The third-order valence-electron chi connectivity index (χ3n) is 10.7. The van der Waals surface area contributed by atoms with Crippen LogP contribution in [0.25, 0.3) is 77.6 Å². The lowest BCUT2D eigenvalue weighted by Gasteiger charge is -2.28. The van der Waals surface area contributed by atoms with Crippen LogP contribution in [0.3, 0.4) is 0 Å². The van der Waals surface area contributed by atoms with Gasteiger partial charge in [-0.1, -0.05) is 182 Å². The lowest BCUT2D eigenvalue weighted by molar-refractivity contribution is 0.632. The summed E-state index contributed by atoms with van der Waals surface area (Å²) in [7, 11) is 0. The van der Waals surface area contributed by atoms with E-state index in [0.29, 0.717) is 0 Å². The van der Waals surface area contributed by atoms with E-state index in [0.717, 1.165) is 50.5 Å². The molecule has 2 heteroatoms. The molecule has 0 bridgehead atoms. The Morgan fingerprint density at radius 1 is 0.304 bits per heavy atom. The van der Waals surface area contributed by atoms with E-state index in [1.165, 1.54) is 44.2 Å². The van der Waals surface area contributed by atoms with Gasteiger partial charge in [-0.25, -0.2) is 0 Å². The second-order valence-electron chi connectivity index (χ2n) is 14.1. The monoisotopic (exact) mass is 715 g/mol. The second-order valence-corrected chi connectivity index (χ2v) is 14.1. The molecule has 0 saturated carbocycles. The van der Waals surface area contributed by atoms with Crippen molar-refractivity contribution in [3.05, 3.63) is 224 Å². The van der Waals surface area contributed by atoms with Crippen molar-refractivity contribution in [2.24, 2.45) is 0 Å². The Labute approximate surface area is 327 Å². The minimum absolute atomic E-state index is 0.868. The van der Waals surface area contributed by atoms with E-state index in [1.807, 2.05) is 18.2 Å². The molecule has 0 N–H and O–H groups in total. The SMILES string of the molecule is c1ccc(-c2ccccc2N(c2ccc(-c3ccc(-c4cccc5ccccc45)cc3)cc2)c2ccc(-c3ccccc3-c3cc4ccccc4o3)cc2)cc1. The van der Waals surface area contributed by atoms with E-state index in [4.69, 9.17) is 4.42 Å². The number of nitrogens with zero attached hydrogens (tertiary/aromatic N) is 1. The Morgan fingerprint density at radius 2 is 0.786 bits per heavy atom. The van der Waals surface area contributed by atoms with Gasteiger partial charge in [0, 0.05) is 27.9 Å². The lowest BCUT2D eigenvalue weighted by atomic mass is 9.96. The summed E-state index contributed by atoms with van der Waals surface area (Å²) in [4.78, 5) is 2.37. The van der Waals surface area contributed by atoms with Gasteiger partial charge in [0.25, 0.3) is 0 Å². The van der Waals surface area contributed by atoms with Crippen molar-refractivity contribution < 1.29 is 4.42 Å². The summed E-state index contributed by atoms with van der Waals surface area (Å²) in [6.45, 7) is 0. The number of anilines is 3. The Hall–Kier alpha value is -7.42. The smallest absolute Gasteiger partial charge is 0.136 e. The first-order valence-corrected chi connectivity index (χ1v) is 19.1. The zero-order chi connectivity index (χ0) is 37.3. The molecule has 0 radical (unpaired) electrons. The molecule has 0 amide bonds. The van der Waals surface area contributed by atoms with E-state index < -0.39 is 0 Å². The highest BCUT2D eigenvalue weighted by atomic mass is 16.3. The van der Waals surface area contributed by atoms with Crippen LogP contribution < -0.4 is 4.90 Å². The van der Waals surface area contributed by atoms with Gasteiger partial charge in [0.15, 0.2) is 0 Å². The summed E-state index contributed by atoms with van der Waals surface area (Å²) in [5.41, 5.74) is 14.7. The van der Waals surface area contributed by atoms with Crippen LogP contribution in [0.1, 0.15) is 0 Å². The van der Waals surface area contributed by atoms with Crippen LogP contribution in [0.5, 0.6) is 0 Å². The second kappa shape index (κ2) is 14.4. The van der Waals surface area contributed by atoms with Gasteiger partial charge in [0.05, 0.1) is 5.69 Å².